The van der Waals surface area contributed by atoms with Gasteiger partial charge in [-0.05, 0) is 30.9 Å². The Morgan fingerprint density at radius 3 is 3.06 bits per heavy atom. The Morgan fingerprint density at radius 1 is 1.25 bits per heavy atom. The molecule has 2 N–H and O–H groups in total. The van der Waals surface area contributed by atoms with Gasteiger partial charge in [-0.3, -0.25) is 0 Å². The zero-order chi connectivity index (χ0) is 10.8. The summed E-state index contributed by atoms with van der Waals surface area (Å²) in [5.74, 6) is 0.572. The van der Waals surface area contributed by atoms with Crippen LogP contribution in [0.5, 0.6) is 0 Å². The average Bonchev–Trinajstić information content (AvgIpc) is 2.39. The lowest BCUT2D eigenvalue weighted by molar-refractivity contribution is 0.602. The molecule has 3 heteroatoms. The van der Waals surface area contributed by atoms with Gasteiger partial charge >= 0.3 is 0 Å². The Kier molecular flexibility index (Phi) is 2.52. The summed E-state index contributed by atoms with van der Waals surface area (Å²) in [7, 11) is 0. The molecular weight excluding hydrogens is 198 g/mol. The number of nitrogens with zero attached hydrogens (tertiary/aromatic N) is 1. The van der Waals surface area contributed by atoms with Crippen molar-refractivity contribution in [1.82, 2.24) is 5.43 Å². The van der Waals surface area contributed by atoms with Crippen molar-refractivity contribution >= 4 is 11.4 Å². The molecule has 1 unspecified atom stereocenters. The Balaban J connectivity index is 1.79. The van der Waals surface area contributed by atoms with Gasteiger partial charge in [-0.1, -0.05) is 18.2 Å². The van der Waals surface area contributed by atoms with Gasteiger partial charge in [-0.15, -0.1) is 0 Å². The Bertz CT molecular complexity index is 411. The molecule has 1 atom stereocenters. The molecule has 3 rings (SSSR count). The van der Waals surface area contributed by atoms with E-state index < -0.39 is 0 Å². The van der Waals surface area contributed by atoms with Crippen LogP contribution in [0.3, 0.4) is 0 Å². The van der Waals surface area contributed by atoms with Crippen molar-refractivity contribution < 1.29 is 0 Å². The molecular formula is C13H17N3. The van der Waals surface area contributed by atoms with Crippen LogP contribution in [0, 0.1) is 5.92 Å². The van der Waals surface area contributed by atoms with Crippen LogP contribution in [0.25, 0.3) is 0 Å². The van der Waals surface area contributed by atoms with Crippen LogP contribution in [0.1, 0.15) is 18.4 Å². The normalized spacial score (nSPS) is 23.8. The Labute approximate surface area is 95.9 Å². The van der Waals surface area contributed by atoms with E-state index in [-0.39, 0.29) is 0 Å². The summed E-state index contributed by atoms with van der Waals surface area (Å²) in [5.41, 5.74) is 7.17. The molecule has 0 saturated carbocycles. The number of nitrogens with one attached hydrogen (secondary N) is 2. The molecule has 0 radical (unpaired) electrons. The highest BCUT2D eigenvalue weighted by molar-refractivity contribution is 5.88. The number of hydrogen-bond acceptors (Lipinski definition) is 3. The van der Waals surface area contributed by atoms with Crippen LogP contribution in [0.4, 0.5) is 5.69 Å². The summed E-state index contributed by atoms with van der Waals surface area (Å²) in [4.78, 5) is 0. The lowest BCUT2D eigenvalue weighted by Gasteiger charge is -2.28. The molecule has 3 nitrogen and oxygen atoms in total. The molecule has 84 valence electrons. The van der Waals surface area contributed by atoms with Crippen LogP contribution in [-0.2, 0) is 6.42 Å². The van der Waals surface area contributed by atoms with E-state index in [0.29, 0.717) is 5.92 Å². The predicted molar refractivity (Wildman–Crippen MR) is 66.8 cm³/mol. The van der Waals surface area contributed by atoms with Crippen molar-refractivity contribution in [2.45, 2.75) is 19.3 Å². The molecule has 0 fully saturated rings. The summed E-state index contributed by atoms with van der Waals surface area (Å²) in [6.45, 7) is 2.05. The topological polar surface area (TPSA) is 36.4 Å². The summed E-state index contributed by atoms with van der Waals surface area (Å²) >= 11 is 0. The maximum atomic E-state index is 4.45. The number of para-hydroxylation sites is 1. The number of hydrogen-bond donors (Lipinski definition) is 2. The average molecular weight is 215 g/mol. The number of hydrazone groups is 1. The van der Waals surface area contributed by atoms with Crippen LogP contribution in [-0.4, -0.2) is 18.8 Å². The van der Waals surface area contributed by atoms with E-state index in [9.17, 15) is 0 Å². The SMILES string of the molecule is c1ccc2c(c1)CC(C1=NNCCC1)CN2. The van der Waals surface area contributed by atoms with Crippen LogP contribution in [0.2, 0.25) is 0 Å². The molecule has 0 saturated heterocycles. The van der Waals surface area contributed by atoms with Crippen molar-refractivity contribution in [3.05, 3.63) is 29.8 Å². The molecule has 16 heavy (non-hydrogen) atoms. The second kappa shape index (κ2) is 4.16. The van der Waals surface area contributed by atoms with E-state index in [1.807, 2.05) is 0 Å². The third-order valence-electron chi connectivity index (χ3n) is 3.44. The Hall–Kier alpha value is -1.51. The highest BCUT2D eigenvalue weighted by Crippen LogP contribution is 2.26. The third kappa shape index (κ3) is 1.77. The molecule has 0 aliphatic carbocycles. The zero-order valence-electron chi connectivity index (χ0n) is 9.37. The molecule has 1 aromatic rings. The van der Waals surface area contributed by atoms with E-state index >= 15 is 0 Å². The van der Waals surface area contributed by atoms with Gasteiger partial charge in [-0.25, -0.2) is 0 Å². The van der Waals surface area contributed by atoms with Gasteiger partial charge in [0.1, 0.15) is 0 Å². The maximum Gasteiger partial charge on any atom is 0.0430 e. The van der Waals surface area contributed by atoms with Crippen molar-refractivity contribution in [1.29, 1.82) is 0 Å². The van der Waals surface area contributed by atoms with Crippen molar-refractivity contribution in [3.8, 4) is 0 Å². The van der Waals surface area contributed by atoms with Crippen molar-refractivity contribution in [3.63, 3.8) is 0 Å². The van der Waals surface area contributed by atoms with E-state index in [1.54, 1.807) is 0 Å². The second-order valence-electron chi connectivity index (χ2n) is 4.55. The lowest BCUT2D eigenvalue weighted by Crippen LogP contribution is -2.33. The fourth-order valence-corrected chi connectivity index (χ4v) is 2.53. The fourth-order valence-electron chi connectivity index (χ4n) is 2.53. The van der Waals surface area contributed by atoms with Gasteiger partial charge in [0.15, 0.2) is 0 Å². The van der Waals surface area contributed by atoms with Crippen molar-refractivity contribution in [2.75, 3.05) is 18.4 Å². The highest BCUT2D eigenvalue weighted by Gasteiger charge is 2.23. The molecule has 2 heterocycles. The highest BCUT2D eigenvalue weighted by atomic mass is 15.3. The monoisotopic (exact) mass is 215 g/mol. The van der Waals surface area contributed by atoms with Gasteiger partial charge in [0.25, 0.3) is 0 Å². The molecule has 2 aliphatic heterocycles. The minimum atomic E-state index is 0.572. The first kappa shape index (κ1) is 9.70. The fraction of sp³-hybridized carbons (Fsp3) is 0.462. The van der Waals surface area contributed by atoms with Gasteiger partial charge < -0.3 is 10.7 Å². The zero-order valence-corrected chi connectivity index (χ0v) is 9.37. The quantitative estimate of drug-likeness (QED) is 0.752. The first-order valence-electron chi connectivity index (χ1n) is 6.04. The van der Waals surface area contributed by atoms with E-state index in [4.69, 9.17) is 0 Å². The maximum absolute atomic E-state index is 4.45. The third-order valence-corrected chi connectivity index (χ3v) is 3.44. The van der Waals surface area contributed by atoms with Crippen LogP contribution >= 0.6 is 0 Å². The van der Waals surface area contributed by atoms with Gasteiger partial charge in [0.2, 0.25) is 0 Å². The molecule has 2 aliphatic rings. The predicted octanol–water partition coefficient (Wildman–Crippen LogP) is 2.01. The van der Waals surface area contributed by atoms with Gasteiger partial charge in [-0.2, -0.15) is 5.10 Å². The number of benzene rings is 1. The summed E-state index contributed by atoms with van der Waals surface area (Å²) in [6.07, 6.45) is 3.50. The standard InChI is InChI=1S/C13H17N3/c1-2-5-12-10(4-1)8-11(9-14-12)13-6-3-7-15-16-13/h1-2,4-5,11,14-15H,3,6-9H2. The first-order valence-corrected chi connectivity index (χ1v) is 6.04. The molecule has 1 aromatic carbocycles. The smallest absolute Gasteiger partial charge is 0.0430 e. The van der Waals surface area contributed by atoms with E-state index in [0.717, 1.165) is 25.9 Å². The molecule has 0 aromatic heterocycles. The lowest BCUT2D eigenvalue weighted by atomic mass is 9.88. The summed E-state index contributed by atoms with van der Waals surface area (Å²) < 4.78 is 0. The molecule has 0 amide bonds. The second-order valence-corrected chi connectivity index (χ2v) is 4.55. The minimum absolute atomic E-state index is 0.572. The van der Waals surface area contributed by atoms with E-state index in [2.05, 4.69) is 40.1 Å². The van der Waals surface area contributed by atoms with Gasteiger partial charge in [0.05, 0.1) is 0 Å². The summed E-state index contributed by atoms with van der Waals surface area (Å²) in [6, 6.07) is 8.58. The van der Waals surface area contributed by atoms with Crippen LogP contribution in [0.15, 0.2) is 29.4 Å². The minimum Gasteiger partial charge on any atom is -0.384 e. The van der Waals surface area contributed by atoms with Crippen molar-refractivity contribution in [2.24, 2.45) is 11.0 Å². The summed E-state index contributed by atoms with van der Waals surface area (Å²) in [5, 5.41) is 7.95. The Morgan fingerprint density at radius 2 is 2.19 bits per heavy atom. The van der Waals surface area contributed by atoms with Crippen LogP contribution < -0.4 is 10.7 Å². The largest absolute Gasteiger partial charge is 0.384 e. The number of rotatable bonds is 1. The molecule has 0 bridgehead atoms. The van der Waals surface area contributed by atoms with E-state index in [1.165, 1.54) is 23.4 Å². The molecule has 0 spiro atoms. The van der Waals surface area contributed by atoms with Gasteiger partial charge in [0, 0.05) is 30.4 Å². The number of anilines is 1. The number of fused-ring (bicyclic) bond motifs is 1. The first-order chi connectivity index (χ1) is 7.93.